The molecule has 1 fully saturated rings. The third-order valence-corrected chi connectivity index (χ3v) is 3.22. The van der Waals surface area contributed by atoms with Gasteiger partial charge in [0, 0.05) is 5.92 Å². The summed E-state index contributed by atoms with van der Waals surface area (Å²) in [5.74, 6) is 0.0272. The van der Waals surface area contributed by atoms with E-state index in [9.17, 15) is 0 Å². The number of halogens is 1. The van der Waals surface area contributed by atoms with Crippen molar-refractivity contribution in [2.45, 2.75) is 19.1 Å². The van der Waals surface area contributed by atoms with E-state index in [0.717, 1.165) is 10.9 Å². The molecular formula is C8H11BrO2. The second-order valence-electron chi connectivity index (χ2n) is 3.05. The monoisotopic (exact) mass is 218 g/mol. The molecule has 2 nitrogen and oxygen atoms in total. The normalized spacial score (nSPS) is 34.7. The van der Waals surface area contributed by atoms with Gasteiger partial charge in [-0.1, -0.05) is 28.9 Å². The van der Waals surface area contributed by atoms with Crippen LogP contribution in [-0.4, -0.2) is 19.0 Å². The lowest BCUT2D eigenvalue weighted by molar-refractivity contribution is -0.146. The van der Waals surface area contributed by atoms with Crippen molar-refractivity contribution in [3.63, 3.8) is 0 Å². The fourth-order valence-electron chi connectivity index (χ4n) is 1.66. The summed E-state index contributed by atoms with van der Waals surface area (Å²) in [7, 11) is 0. The van der Waals surface area contributed by atoms with Crippen LogP contribution in [0.2, 0.25) is 0 Å². The van der Waals surface area contributed by atoms with Crippen molar-refractivity contribution in [1.29, 1.82) is 0 Å². The topological polar surface area (TPSA) is 18.5 Å². The smallest absolute Gasteiger partial charge is 0.204 e. The second kappa shape index (κ2) is 2.57. The molecule has 1 atom stereocenters. The quantitative estimate of drug-likeness (QED) is 0.620. The van der Waals surface area contributed by atoms with Crippen molar-refractivity contribution in [3.05, 3.63) is 10.6 Å². The van der Waals surface area contributed by atoms with E-state index in [2.05, 4.69) is 28.9 Å². The van der Waals surface area contributed by atoms with Crippen molar-refractivity contribution >= 4 is 15.9 Å². The first-order valence-electron chi connectivity index (χ1n) is 3.90. The summed E-state index contributed by atoms with van der Waals surface area (Å²) in [6.45, 7) is 3.58. The maximum atomic E-state index is 5.59. The van der Waals surface area contributed by atoms with Gasteiger partial charge < -0.3 is 9.47 Å². The van der Waals surface area contributed by atoms with E-state index in [0.29, 0.717) is 19.1 Å². The van der Waals surface area contributed by atoms with Gasteiger partial charge in [-0.15, -0.1) is 0 Å². The van der Waals surface area contributed by atoms with E-state index >= 15 is 0 Å². The molecule has 0 N–H and O–H groups in total. The fourth-order valence-corrected chi connectivity index (χ4v) is 2.47. The van der Waals surface area contributed by atoms with Gasteiger partial charge in [-0.05, 0) is 6.42 Å². The minimum Gasteiger partial charge on any atom is -0.343 e. The van der Waals surface area contributed by atoms with Crippen molar-refractivity contribution in [1.82, 2.24) is 0 Å². The molecule has 0 aromatic carbocycles. The molecule has 11 heavy (non-hydrogen) atoms. The van der Waals surface area contributed by atoms with Crippen LogP contribution in [0, 0.1) is 5.92 Å². The van der Waals surface area contributed by atoms with Crippen molar-refractivity contribution in [3.8, 4) is 0 Å². The molecule has 1 aliphatic heterocycles. The largest absolute Gasteiger partial charge is 0.343 e. The molecule has 1 aliphatic carbocycles. The Balaban J connectivity index is 2.27. The zero-order valence-corrected chi connectivity index (χ0v) is 8.06. The lowest BCUT2D eigenvalue weighted by Gasteiger charge is -2.27. The maximum Gasteiger partial charge on any atom is 0.204 e. The molecule has 0 radical (unpaired) electrons. The van der Waals surface area contributed by atoms with Crippen LogP contribution >= 0.6 is 15.9 Å². The Hall–Kier alpha value is 0.140. The first-order valence-corrected chi connectivity index (χ1v) is 4.69. The summed E-state index contributed by atoms with van der Waals surface area (Å²) in [6, 6.07) is 0. The predicted molar refractivity (Wildman–Crippen MR) is 45.4 cm³/mol. The van der Waals surface area contributed by atoms with Gasteiger partial charge in [0.15, 0.2) is 0 Å². The zero-order valence-electron chi connectivity index (χ0n) is 6.47. The molecule has 1 saturated heterocycles. The molecule has 2 aliphatic rings. The molecule has 0 amide bonds. The zero-order chi connectivity index (χ0) is 7.90. The molecular weight excluding hydrogens is 208 g/mol. The Morgan fingerprint density at radius 1 is 1.55 bits per heavy atom. The van der Waals surface area contributed by atoms with Gasteiger partial charge in [-0.25, -0.2) is 0 Å². The molecule has 3 heteroatoms. The molecule has 62 valence electrons. The van der Waals surface area contributed by atoms with Gasteiger partial charge in [0.1, 0.15) is 0 Å². The lowest BCUT2D eigenvalue weighted by atomic mass is 10.0. The Kier molecular flexibility index (Phi) is 1.82. The predicted octanol–water partition coefficient (Wildman–Crippen LogP) is 2.05. The van der Waals surface area contributed by atoms with Crippen LogP contribution in [0.25, 0.3) is 0 Å². The van der Waals surface area contributed by atoms with Crippen molar-refractivity contribution < 1.29 is 9.47 Å². The van der Waals surface area contributed by atoms with Crippen molar-refractivity contribution in [2.75, 3.05) is 13.2 Å². The summed E-state index contributed by atoms with van der Waals surface area (Å²) in [5.41, 5.74) is 0. The summed E-state index contributed by atoms with van der Waals surface area (Å²) in [6.07, 6.45) is 3.18. The average Bonchev–Trinajstić information content (AvgIpc) is 2.56. The molecule has 0 bridgehead atoms. The fraction of sp³-hybridized carbons (Fsp3) is 0.750. The van der Waals surface area contributed by atoms with Gasteiger partial charge in [-0.3, -0.25) is 0 Å². The summed E-state index contributed by atoms with van der Waals surface area (Å²) >= 11 is 3.47. The number of rotatable bonds is 0. The van der Waals surface area contributed by atoms with Crippen LogP contribution < -0.4 is 0 Å². The van der Waals surface area contributed by atoms with Gasteiger partial charge >= 0.3 is 0 Å². The van der Waals surface area contributed by atoms with E-state index in [-0.39, 0.29) is 0 Å². The highest BCUT2D eigenvalue weighted by Crippen LogP contribution is 2.45. The summed E-state index contributed by atoms with van der Waals surface area (Å²) in [5, 5.41) is 0. The van der Waals surface area contributed by atoms with E-state index in [1.807, 2.05) is 0 Å². The van der Waals surface area contributed by atoms with Crippen LogP contribution in [0.15, 0.2) is 10.6 Å². The highest BCUT2D eigenvalue weighted by atomic mass is 79.9. The van der Waals surface area contributed by atoms with E-state index in [4.69, 9.17) is 9.47 Å². The Morgan fingerprint density at radius 3 is 2.64 bits per heavy atom. The first kappa shape index (κ1) is 7.77. The molecule has 0 aromatic heterocycles. The van der Waals surface area contributed by atoms with Crippen LogP contribution in [0.3, 0.4) is 0 Å². The average molecular weight is 219 g/mol. The lowest BCUT2D eigenvalue weighted by Crippen LogP contribution is -2.34. The van der Waals surface area contributed by atoms with Gasteiger partial charge in [0.2, 0.25) is 5.79 Å². The maximum absolute atomic E-state index is 5.59. The third-order valence-electron chi connectivity index (χ3n) is 2.35. The number of hydrogen-bond acceptors (Lipinski definition) is 2. The van der Waals surface area contributed by atoms with Crippen LogP contribution in [0.1, 0.15) is 13.3 Å². The SMILES string of the molecule is C[C@@H]1CC=C(Br)C12OCCO2. The standard InChI is InChI=1S/C8H11BrO2/c1-6-2-3-7(9)8(6)10-4-5-11-8/h3,6H,2,4-5H2,1H3/t6-/m1/s1. The highest BCUT2D eigenvalue weighted by Gasteiger charge is 2.47. The molecule has 2 rings (SSSR count). The molecule has 0 unspecified atom stereocenters. The minimum absolute atomic E-state index is 0.417. The summed E-state index contributed by atoms with van der Waals surface area (Å²) in [4.78, 5) is 0. The van der Waals surface area contributed by atoms with Crippen LogP contribution in [0.5, 0.6) is 0 Å². The molecule has 1 spiro atoms. The highest BCUT2D eigenvalue weighted by molar-refractivity contribution is 9.11. The van der Waals surface area contributed by atoms with E-state index in [1.165, 1.54) is 0 Å². The first-order chi connectivity index (χ1) is 5.26. The van der Waals surface area contributed by atoms with Gasteiger partial charge in [0.25, 0.3) is 0 Å². The number of ether oxygens (including phenoxy) is 2. The van der Waals surface area contributed by atoms with Gasteiger partial charge in [0.05, 0.1) is 17.7 Å². The van der Waals surface area contributed by atoms with E-state index < -0.39 is 5.79 Å². The van der Waals surface area contributed by atoms with Crippen LogP contribution in [-0.2, 0) is 9.47 Å². The minimum atomic E-state index is -0.417. The van der Waals surface area contributed by atoms with Crippen molar-refractivity contribution in [2.24, 2.45) is 5.92 Å². The number of hydrogen-bond donors (Lipinski definition) is 0. The Labute approximate surface area is 74.7 Å². The molecule has 1 heterocycles. The molecule has 0 aromatic rings. The Morgan fingerprint density at radius 2 is 2.18 bits per heavy atom. The third kappa shape index (κ3) is 0.983. The molecule has 0 saturated carbocycles. The number of allylic oxidation sites excluding steroid dienone is 1. The van der Waals surface area contributed by atoms with Gasteiger partial charge in [-0.2, -0.15) is 0 Å². The Bertz CT molecular complexity index is 194. The second-order valence-corrected chi connectivity index (χ2v) is 3.91. The van der Waals surface area contributed by atoms with E-state index in [1.54, 1.807) is 0 Å². The summed E-state index contributed by atoms with van der Waals surface area (Å²) < 4.78 is 12.2. The van der Waals surface area contributed by atoms with Crippen LogP contribution in [0.4, 0.5) is 0 Å².